The Morgan fingerprint density at radius 3 is 2.60 bits per heavy atom. The van der Waals surface area contributed by atoms with Gasteiger partial charge < -0.3 is 10.1 Å². The number of halogens is 4. The lowest BCUT2D eigenvalue weighted by Crippen LogP contribution is -2.38. The lowest BCUT2D eigenvalue weighted by Gasteiger charge is -2.25. The Labute approximate surface area is 153 Å². The smallest absolute Gasteiger partial charge is 0.282 e. The molecule has 9 heteroatoms. The first-order valence-corrected chi connectivity index (χ1v) is 8.10. The summed E-state index contributed by atoms with van der Waals surface area (Å²) in [7, 11) is 2.93. The monoisotopic (exact) mass is 391 g/mol. The molecule has 25 heavy (non-hydrogen) atoms. The first-order chi connectivity index (χ1) is 11.7. The maximum absolute atomic E-state index is 13.0. The largest absolute Gasteiger partial charge is 0.375 e. The Hall–Kier alpha value is -1.70. The highest BCUT2D eigenvalue weighted by molar-refractivity contribution is 6.35. The molecular weight excluding hydrogens is 375 g/mol. The van der Waals surface area contributed by atoms with Gasteiger partial charge in [0.25, 0.3) is 12.3 Å². The summed E-state index contributed by atoms with van der Waals surface area (Å²) in [6.07, 6.45) is -2.18. The topological polar surface area (TPSA) is 56.1 Å². The molecule has 0 saturated carbocycles. The highest BCUT2D eigenvalue weighted by atomic mass is 35.5. The molecule has 0 spiro atoms. The highest BCUT2D eigenvalue weighted by Crippen LogP contribution is 2.30. The molecule has 0 fully saturated rings. The van der Waals surface area contributed by atoms with Gasteiger partial charge in [-0.25, -0.2) is 8.78 Å². The van der Waals surface area contributed by atoms with E-state index in [9.17, 15) is 13.6 Å². The maximum Gasteiger partial charge on any atom is 0.282 e. The molecule has 1 amide bonds. The summed E-state index contributed by atoms with van der Waals surface area (Å²) >= 11 is 12.1. The summed E-state index contributed by atoms with van der Waals surface area (Å²) in [5.74, 6) is -0.664. The van der Waals surface area contributed by atoms with Crippen LogP contribution in [0.1, 0.15) is 41.1 Å². The Kier molecular flexibility index (Phi) is 6.37. The molecule has 1 N–H and O–H groups in total. The number of hydrogen-bond donors (Lipinski definition) is 1. The minimum absolute atomic E-state index is 0.179. The maximum atomic E-state index is 13.0. The molecule has 1 aromatic carbocycles. The second-order valence-electron chi connectivity index (χ2n) is 5.49. The molecule has 2 aromatic rings. The highest BCUT2D eigenvalue weighted by Gasteiger charge is 2.27. The van der Waals surface area contributed by atoms with Crippen molar-refractivity contribution in [3.05, 3.63) is 51.3 Å². The van der Waals surface area contributed by atoms with Crippen molar-refractivity contribution >= 4 is 29.1 Å². The molecule has 0 radical (unpaired) electrons. The van der Waals surface area contributed by atoms with Crippen molar-refractivity contribution in [1.82, 2.24) is 15.1 Å². The first kappa shape index (κ1) is 19.6. The van der Waals surface area contributed by atoms with Crippen molar-refractivity contribution in [3.63, 3.8) is 0 Å². The van der Waals surface area contributed by atoms with Crippen LogP contribution in [0.15, 0.2) is 24.4 Å². The van der Waals surface area contributed by atoms with E-state index in [0.29, 0.717) is 15.6 Å². The number of ether oxygens (including phenoxy) is 1. The number of benzene rings is 1. The Bertz CT molecular complexity index is 768. The van der Waals surface area contributed by atoms with Crippen LogP contribution in [-0.4, -0.2) is 28.8 Å². The van der Waals surface area contributed by atoms with E-state index in [1.54, 1.807) is 25.1 Å². The third-order valence-electron chi connectivity index (χ3n) is 3.64. The van der Waals surface area contributed by atoms with Crippen LogP contribution in [0.3, 0.4) is 0 Å². The van der Waals surface area contributed by atoms with Crippen molar-refractivity contribution in [3.8, 4) is 0 Å². The Morgan fingerprint density at radius 1 is 1.36 bits per heavy atom. The van der Waals surface area contributed by atoms with Crippen molar-refractivity contribution < 1.29 is 18.3 Å². The average molecular weight is 392 g/mol. The number of nitrogens with zero attached hydrogens (tertiary/aromatic N) is 2. The second kappa shape index (κ2) is 8.12. The number of nitrogens with one attached hydrogen (secondary N) is 1. The van der Waals surface area contributed by atoms with Gasteiger partial charge in [0, 0.05) is 36.0 Å². The quantitative estimate of drug-likeness (QED) is 0.803. The molecule has 136 valence electrons. The van der Waals surface area contributed by atoms with Crippen LogP contribution < -0.4 is 5.32 Å². The lowest BCUT2D eigenvalue weighted by atomic mass is 10.0. The van der Waals surface area contributed by atoms with Gasteiger partial charge in [0.05, 0.1) is 11.6 Å². The van der Waals surface area contributed by atoms with Gasteiger partial charge in [-0.15, -0.1) is 0 Å². The number of carbonyl (C=O) groups excluding carboxylic acids is 1. The number of hydrogen-bond acceptors (Lipinski definition) is 3. The summed E-state index contributed by atoms with van der Waals surface area (Å²) in [5.41, 5.74) is -0.117. The number of rotatable bonds is 6. The summed E-state index contributed by atoms with van der Waals surface area (Å²) in [4.78, 5) is 12.4. The number of aromatic nitrogens is 2. The SMILES string of the molecule is CO[C@@H](c1ccc(Cl)cc1Cl)[C@H](C)NC(=O)c1cn(C)nc1C(F)F. The summed E-state index contributed by atoms with van der Waals surface area (Å²) in [6, 6.07) is 4.37. The zero-order valence-corrected chi connectivity index (χ0v) is 15.3. The molecule has 2 rings (SSSR count). The van der Waals surface area contributed by atoms with Crippen molar-refractivity contribution in [2.75, 3.05) is 7.11 Å². The minimum atomic E-state index is -2.85. The van der Waals surface area contributed by atoms with Crippen LogP contribution in [0, 0.1) is 0 Å². The summed E-state index contributed by atoms with van der Waals surface area (Å²) in [5, 5.41) is 7.13. The zero-order chi connectivity index (χ0) is 18.7. The number of methoxy groups -OCH3 is 1. The molecule has 5 nitrogen and oxygen atoms in total. The number of aryl methyl sites for hydroxylation is 1. The van der Waals surface area contributed by atoms with Crippen LogP contribution in [0.2, 0.25) is 10.0 Å². The van der Waals surface area contributed by atoms with Crippen LogP contribution in [-0.2, 0) is 11.8 Å². The van der Waals surface area contributed by atoms with Crippen LogP contribution in [0.25, 0.3) is 0 Å². The number of carbonyl (C=O) groups is 1. The molecule has 1 aromatic heterocycles. The number of amides is 1. The van der Waals surface area contributed by atoms with E-state index in [1.165, 1.54) is 25.0 Å². The van der Waals surface area contributed by atoms with Gasteiger partial charge in [-0.1, -0.05) is 29.3 Å². The fourth-order valence-electron chi connectivity index (χ4n) is 2.53. The van der Waals surface area contributed by atoms with Gasteiger partial charge in [-0.2, -0.15) is 5.10 Å². The lowest BCUT2D eigenvalue weighted by molar-refractivity contribution is 0.0641. The summed E-state index contributed by atoms with van der Waals surface area (Å²) in [6.45, 7) is 1.69. The normalized spacial score (nSPS) is 13.8. The van der Waals surface area contributed by atoms with E-state index in [1.807, 2.05) is 0 Å². The molecule has 0 aliphatic rings. The third kappa shape index (κ3) is 4.48. The molecule has 2 atom stereocenters. The molecule has 0 unspecified atom stereocenters. The van der Waals surface area contributed by atoms with E-state index in [4.69, 9.17) is 27.9 Å². The molecule has 0 aliphatic heterocycles. The molecule has 0 saturated heterocycles. The predicted molar refractivity (Wildman–Crippen MR) is 91.3 cm³/mol. The van der Waals surface area contributed by atoms with Crippen molar-refractivity contribution in [1.29, 1.82) is 0 Å². The van der Waals surface area contributed by atoms with Gasteiger partial charge in [0.1, 0.15) is 11.8 Å². The van der Waals surface area contributed by atoms with Gasteiger partial charge >= 0.3 is 0 Å². The molecule has 0 aliphatic carbocycles. The van der Waals surface area contributed by atoms with E-state index >= 15 is 0 Å². The Balaban J connectivity index is 2.22. The van der Waals surface area contributed by atoms with Gasteiger partial charge in [-0.05, 0) is 19.1 Å². The van der Waals surface area contributed by atoms with Gasteiger partial charge in [-0.3, -0.25) is 9.48 Å². The molecule has 0 bridgehead atoms. The Morgan fingerprint density at radius 2 is 2.04 bits per heavy atom. The first-order valence-electron chi connectivity index (χ1n) is 7.34. The third-order valence-corrected chi connectivity index (χ3v) is 4.21. The predicted octanol–water partition coefficient (Wildman–Crippen LogP) is 4.17. The fourth-order valence-corrected chi connectivity index (χ4v) is 3.05. The van der Waals surface area contributed by atoms with Crippen molar-refractivity contribution in [2.24, 2.45) is 7.05 Å². The second-order valence-corrected chi connectivity index (χ2v) is 6.33. The van der Waals surface area contributed by atoms with Gasteiger partial charge in [0.2, 0.25) is 0 Å². The minimum Gasteiger partial charge on any atom is -0.375 e. The fraction of sp³-hybridized carbons (Fsp3) is 0.375. The van der Waals surface area contributed by atoms with Crippen molar-refractivity contribution in [2.45, 2.75) is 25.5 Å². The van der Waals surface area contributed by atoms with Crippen LogP contribution >= 0.6 is 23.2 Å². The molecule has 1 heterocycles. The van der Waals surface area contributed by atoms with Crippen LogP contribution in [0.4, 0.5) is 8.78 Å². The standard InChI is InChI=1S/C16H17Cl2F2N3O2/c1-8(14(25-3)10-5-4-9(17)6-12(10)18)21-16(24)11-7-23(2)22-13(11)15(19)20/h4-8,14-15H,1-3H3,(H,21,24)/t8-,14+/m0/s1. The number of alkyl halides is 2. The average Bonchev–Trinajstić information content (AvgIpc) is 2.92. The zero-order valence-electron chi connectivity index (χ0n) is 13.8. The van der Waals surface area contributed by atoms with Gasteiger partial charge in [0.15, 0.2) is 0 Å². The molecular formula is C16H17Cl2F2N3O2. The van der Waals surface area contributed by atoms with Crippen LogP contribution in [0.5, 0.6) is 0 Å². The summed E-state index contributed by atoms with van der Waals surface area (Å²) < 4.78 is 32.6. The van der Waals surface area contributed by atoms with E-state index in [2.05, 4.69) is 10.4 Å². The van der Waals surface area contributed by atoms with E-state index in [0.717, 1.165) is 0 Å². The van der Waals surface area contributed by atoms with E-state index < -0.39 is 30.2 Å². The van der Waals surface area contributed by atoms with E-state index in [-0.39, 0.29) is 5.56 Å².